The largest absolute Gasteiger partial charge is 0.436 e. The van der Waals surface area contributed by atoms with Crippen molar-refractivity contribution in [3.8, 4) is 67.1 Å². The summed E-state index contributed by atoms with van der Waals surface area (Å²) in [6.45, 7) is 4.68. The SMILES string of the molecule is CC1(C)c2ccccc2-c2ccc(-c3ccc(N(c4ccccc4)c4ccc(-c5ccccc5-c5ccccc5-c5ccc(-c6nc7ccccc7o6)cc5)cc4)cc3)cc21. The van der Waals surface area contributed by atoms with Gasteiger partial charge in [0.05, 0.1) is 0 Å². The van der Waals surface area contributed by atoms with Gasteiger partial charge in [0.1, 0.15) is 5.52 Å². The summed E-state index contributed by atoms with van der Waals surface area (Å²) in [5.74, 6) is 0.628. The smallest absolute Gasteiger partial charge is 0.227 e. The Labute approximate surface area is 356 Å². The van der Waals surface area contributed by atoms with Gasteiger partial charge in [-0.3, -0.25) is 0 Å². The molecule has 9 aromatic carbocycles. The molecular weight excluding hydrogens is 741 g/mol. The Hall–Kier alpha value is -7.75. The van der Waals surface area contributed by atoms with Crippen LogP contribution in [-0.2, 0) is 5.41 Å². The molecule has 10 aromatic rings. The topological polar surface area (TPSA) is 29.3 Å². The van der Waals surface area contributed by atoms with Crippen molar-refractivity contribution in [3.63, 3.8) is 0 Å². The zero-order valence-corrected chi connectivity index (χ0v) is 34.1. The molecule has 1 aromatic heterocycles. The van der Waals surface area contributed by atoms with E-state index < -0.39 is 0 Å². The number of benzene rings is 9. The second kappa shape index (κ2) is 14.8. The van der Waals surface area contributed by atoms with Crippen LogP contribution in [0.15, 0.2) is 223 Å². The Balaban J connectivity index is 0.901. The van der Waals surface area contributed by atoms with Crippen LogP contribution in [0.25, 0.3) is 78.2 Å². The first-order chi connectivity index (χ1) is 30.0. The molecule has 290 valence electrons. The molecule has 1 aliphatic carbocycles. The number of oxazole rings is 1. The molecule has 1 aliphatic rings. The Bertz CT molecular complexity index is 3160. The van der Waals surface area contributed by atoms with E-state index in [1.54, 1.807) is 0 Å². The first-order valence-corrected chi connectivity index (χ1v) is 20.9. The van der Waals surface area contributed by atoms with E-state index in [2.05, 4.69) is 213 Å². The van der Waals surface area contributed by atoms with Gasteiger partial charge in [-0.2, -0.15) is 0 Å². The molecular formula is C58H42N2O. The van der Waals surface area contributed by atoms with E-state index in [9.17, 15) is 0 Å². The van der Waals surface area contributed by atoms with Gasteiger partial charge >= 0.3 is 0 Å². The molecule has 1 heterocycles. The lowest BCUT2D eigenvalue weighted by Crippen LogP contribution is -2.14. The van der Waals surface area contributed by atoms with Gasteiger partial charge < -0.3 is 9.32 Å². The van der Waals surface area contributed by atoms with E-state index in [0.29, 0.717) is 5.89 Å². The van der Waals surface area contributed by atoms with E-state index in [-0.39, 0.29) is 5.41 Å². The quantitative estimate of drug-likeness (QED) is 0.154. The summed E-state index contributed by atoms with van der Waals surface area (Å²) in [5, 5.41) is 0. The number of nitrogens with zero attached hydrogens (tertiary/aromatic N) is 2. The van der Waals surface area contributed by atoms with E-state index in [4.69, 9.17) is 9.40 Å². The average Bonchev–Trinajstić information content (AvgIpc) is 3.86. The molecule has 0 N–H and O–H groups in total. The lowest BCUT2D eigenvalue weighted by atomic mass is 9.81. The molecule has 11 rings (SSSR count). The lowest BCUT2D eigenvalue weighted by Gasteiger charge is -2.26. The van der Waals surface area contributed by atoms with Crippen molar-refractivity contribution in [2.75, 3.05) is 4.90 Å². The second-order valence-corrected chi connectivity index (χ2v) is 16.4. The predicted molar refractivity (Wildman–Crippen MR) is 253 cm³/mol. The second-order valence-electron chi connectivity index (χ2n) is 16.4. The number of anilines is 3. The standard InChI is InChI=1S/C58H42N2O/c1-58(2)53-21-11-10-20-51(53)52-37-32-43(38-54(52)58)39-28-33-45(34-29-39)60(44-14-4-3-5-15-44)46-35-30-41(31-36-46)48-17-7-9-19-50(48)49-18-8-6-16-47(49)40-24-26-42(27-25-40)57-59-55-22-12-13-23-56(55)61-57/h3-38H,1-2H3. The molecule has 0 saturated carbocycles. The van der Waals surface area contributed by atoms with E-state index in [0.717, 1.165) is 44.9 Å². The zero-order valence-electron chi connectivity index (χ0n) is 34.1. The molecule has 3 heteroatoms. The maximum Gasteiger partial charge on any atom is 0.227 e. The fraction of sp³-hybridized carbons (Fsp3) is 0.0517. The van der Waals surface area contributed by atoms with Crippen LogP contribution >= 0.6 is 0 Å². The molecule has 0 bridgehead atoms. The summed E-state index contributed by atoms with van der Waals surface area (Å²) >= 11 is 0. The molecule has 0 saturated heterocycles. The fourth-order valence-corrected chi connectivity index (χ4v) is 9.23. The van der Waals surface area contributed by atoms with E-state index in [1.807, 2.05) is 24.3 Å². The van der Waals surface area contributed by atoms with Crippen molar-refractivity contribution >= 4 is 28.2 Å². The van der Waals surface area contributed by atoms with Gasteiger partial charge in [-0.1, -0.05) is 166 Å². The fourth-order valence-electron chi connectivity index (χ4n) is 9.23. The number of para-hydroxylation sites is 3. The third-order valence-electron chi connectivity index (χ3n) is 12.4. The van der Waals surface area contributed by atoms with Crippen molar-refractivity contribution in [1.29, 1.82) is 0 Å². The van der Waals surface area contributed by atoms with Crippen molar-refractivity contribution in [2.24, 2.45) is 0 Å². The highest BCUT2D eigenvalue weighted by Crippen LogP contribution is 2.50. The molecule has 0 amide bonds. The molecule has 0 unspecified atom stereocenters. The minimum absolute atomic E-state index is 0.0376. The minimum atomic E-state index is -0.0376. The number of hydrogen-bond donors (Lipinski definition) is 0. The third-order valence-corrected chi connectivity index (χ3v) is 12.4. The lowest BCUT2D eigenvalue weighted by molar-refractivity contribution is 0.620. The molecule has 0 fully saturated rings. The van der Waals surface area contributed by atoms with Crippen molar-refractivity contribution in [2.45, 2.75) is 19.3 Å². The van der Waals surface area contributed by atoms with Crippen LogP contribution in [0, 0.1) is 0 Å². The van der Waals surface area contributed by atoms with Crippen LogP contribution in [0.3, 0.4) is 0 Å². The van der Waals surface area contributed by atoms with Gasteiger partial charge in [-0.25, -0.2) is 4.98 Å². The van der Waals surface area contributed by atoms with Gasteiger partial charge in [0.15, 0.2) is 5.58 Å². The molecule has 0 radical (unpaired) electrons. The number of fused-ring (bicyclic) bond motifs is 4. The molecule has 61 heavy (non-hydrogen) atoms. The highest BCUT2D eigenvalue weighted by atomic mass is 16.3. The summed E-state index contributed by atoms with van der Waals surface area (Å²) < 4.78 is 6.06. The summed E-state index contributed by atoms with van der Waals surface area (Å²) in [7, 11) is 0. The zero-order chi connectivity index (χ0) is 40.9. The van der Waals surface area contributed by atoms with Crippen LogP contribution in [0.4, 0.5) is 17.1 Å². The van der Waals surface area contributed by atoms with Crippen molar-refractivity contribution < 1.29 is 4.42 Å². The van der Waals surface area contributed by atoms with Crippen LogP contribution in [0.1, 0.15) is 25.0 Å². The Morgan fingerprint density at radius 2 is 0.820 bits per heavy atom. The number of rotatable bonds is 8. The average molecular weight is 783 g/mol. The Morgan fingerprint density at radius 3 is 1.46 bits per heavy atom. The van der Waals surface area contributed by atoms with E-state index in [1.165, 1.54) is 55.6 Å². The Kier molecular flexibility index (Phi) is 8.82. The summed E-state index contributed by atoms with van der Waals surface area (Å²) in [6, 6.07) is 78.2. The van der Waals surface area contributed by atoms with Crippen LogP contribution in [0.5, 0.6) is 0 Å². The predicted octanol–water partition coefficient (Wildman–Crippen LogP) is 15.9. The van der Waals surface area contributed by atoms with E-state index >= 15 is 0 Å². The van der Waals surface area contributed by atoms with Gasteiger partial charge in [0, 0.05) is 28.0 Å². The molecule has 0 atom stereocenters. The van der Waals surface area contributed by atoms with Crippen molar-refractivity contribution in [3.05, 3.63) is 230 Å². The number of hydrogen-bond acceptors (Lipinski definition) is 3. The van der Waals surface area contributed by atoms with Crippen LogP contribution in [-0.4, -0.2) is 4.98 Å². The van der Waals surface area contributed by atoms with Gasteiger partial charge in [0.25, 0.3) is 0 Å². The first kappa shape index (κ1) is 36.3. The van der Waals surface area contributed by atoms with Gasteiger partial charge in [-0.15, -0.1) is 0 Å². The highest BCUT2D eigenvalue weighted by Gasteiger charge is 2.35. The minimum Gasteiger partial charge on any atom is -0.436 e. The summed E-state index contributed by atoms with van der Waals surface area (Å²) in [4.78, 5) is 7.05. The first-order valence-electron chi connectivity index (χ1n) is 20.9. The Morgan fingerprint density at radius 1 is 0.361 bits per heavy atom. The third kappa shape index (κ3) is 6.43. The maximum absolute atomic E-state index is 6.06. The number of aromatic nitrogens is 1. The highest BCUT2D eigenvalue weighted by molar-refractivity contribution is 5.93. The van der Waals surface area contributed by atoms with Crippen molar-refractivity contribution in [1.82, 2.24) is 4.98 Å². The maximum atomic E-state index is 6.06. The molecule has 3 nitrogen and oxygen atoms in total. The normalized spacial score (nSPS) is 12.6. The summed E-state index contributed by atoms with van der Waals surface area (Å²) in [5.41, 5.74) is 20.8. The van der Waals surface area contributed by atoms with Gasteiger partial charge in [0.2, 0.25) is 5.89 Å². The van der Waals surface area contributed by atoms with Gasteiger partial charge in [-0.05, 0) is 133 Å². The summed E-state index contributed by atoms with van der Waals surface area (Å²) in [6.07, 6.45) is 0. The van der Waals surface area contributed by atoms with Crippen LogP contribution < -0.4 is 4.90 Å². The monoisotopic (exact) mass is 782 g/mol. The molecule has 0 spiro atoms. The van der Waals surface area contributed by atoms with Crippen LogP contribution in [0.2, 0.25) is 0 Å². The molecule has 0 aliphatic heterocycles.